The summed E-state index contributed by atoms with van der Waals surface area (Å²) in [4.78, 5) is 25.4. The average molecular weight is 476 g/mol. The van der Waals surface area contributed by atoms with Crippen molar-refractivity contribution in [2.45, 2.75) is 71.1 Å². The number of carbonyl (C=O) groups is 2. The van der Waals surface area contributed by atoms with Crippen LogP contribution >= 0.6 is 0 Å². The zero-order valence-electron chi connectivity index (χ0n) is 21.1. The van der Waals surface area contributed by atoms with E-state index in [0.29, 0.717) is 29.2 Å². The Morgan fingerprint density at radius 1 is 0.886 bits per heavy atom. The van der Waals surface area contributed by atoms with Crippen molar-refractivity contribution in [1.82, 2.24) is 0 Å². The molecule has 35 heavy (non-hydrogen) atoms. The molecule has 4 fully saturated rings. The lowest BCUT2D eigenvalue weighted by Crippen LogP contribution is -2.50. The van der Waals surface area contributed by atoms with Gasteiger partial charge >= 0.3 is 5.97 Å². The van der Waals surface area contributed by atoms with Gasteiger partial charge in [0, 0.05) is 5.69 Å². The number of esters is 1. The normalized spacial score (nSPS) is 26.9. The summed E-state index contributed by atoms with van der Waals surface area (Å²) in [6, 6.07) is 15.4. The quantitative estimate of drug-likeness (QED) is 0.423. The number of rotatable bonds is 8. The van der Waals surface area contributed by atoms with Gasteiger partial charge in [-0.1, -0.05) is 32.9 Å². The Bertz CT molecular complexity index is 1040. The second-order valence-corrected chi connectivity index (χ2v) is 11.7. The van der Waals surface area contributed by atoms with E-state index in [4.69, 9.17) is 9.47 Å². The molecule has 0 radical (unpaired) electrons. The van der Waals surface area contributed by atoms with Gasteiger partial charge in [-0.15, -0.1) is 0 Å². The van der Waals surface area contributed by atoms with Crippen LogP contribution in [-0.2, 0) is 19.7 Å². The molecule has 0 aromatic heterocycles. The van der Waals surface area contributed by atoms with Crippen molar-refractivity contribution in [3.63, 3.8) is 0 Å². The average Bonchev–Trinajstić information content (AvgIpc) is 2.83. The van der Waals surface area contributed by atoms with Gasteiger partial charge in [-0.3, -0.25) is 9.59 Å². The van der Waals surface area contributed by atoms with Crippen molar-refractivity contribution in [2.24, 2.45) is 23.2 Å². The molecule has 1 N–H and O–H groups in total. The lowest BCUT2D eigenvalue weighted by atomic mass is 9.49. The van der Waals surface area contributed by atoms with Crippen LogP contribution in [0.5, 0.6) is 11.5 Å². The molecule has 0 heterocycles. The molecule has 4 saturated carbocycles. The van der Waals surface area contributed by atoms with Crippen LogP contribution in [0.4, 0.5) is 5.69 Å². The first kappa shape index (κ1) is 23.9. The highest BCUT2D eigenvalue weighted by Crippen LogP contribution is 2.60. The van der Waals surface area contributed by atoms with E-state index in [1.807, 2.05) is 24.3 Å². The van der Waals surface area contributed by atoms with Crippen molar-refractivity contribution in [3.8, 4) is 11.5 Å². The maximum Gasteiger partial charge on any atom is 0.312 e. The van der Waals surface area contributed by atoms with Crippen LogP contribution in [0.15, 0.2) is 48.5 Å². The van der Waals surface area contributed by atoms with Crippen LogP contribution < -0.4 is 10.1 Å². The third-order valence-corrected chi connectivity index (χ3v) is 8.70. The molecule has 0 aliphatic heterocycles. The molecule has 0 spiro atoms. The van der Waals surface area contributed by atoms with Crippen LogP contribution in [0.3, 0.4) is 0 Å². The van der Waals surface area contributed by atoms with E-state index in [9.17, 15) is 9.59 Å². The van der Waals surface area contributed by atoms with E-state index in [-0.39, 0.29) is 29.3 Å². The van der Waals surface area contributed by atoms with Crippen LogP contribution in [0.25, 0.3) is 0 Å². The smallest absolute Gasteiger partial charge is 0.312 e. The Morgan fingerprint density at radius 2 is 1.40 bits per heavy atom. The molecule has 5 heteroatoms. The first-order valence-corrected chi connectivity index (χ1v) is 13.1. The highest BCUT2D eigenvalue weighted by molar-refractivity contribution is 5.93. The molecular weight excluding hydrogens is 438 g/mol. The Kier molecular flexibility index (Phi) is 6.37. The maximum atomic E-state index is 12.9. The number of hydrogen-bond donors (Lipinski definition) is 1. The summed E-state index contributed by atoms with van der Waals surface area (Å²) in [5.74, 6) is 3.00. The van der Waals surface area contributed by atoms with E-state index < -0.39 is 0 Å². The predicted octanol–water partition coefficient (Wildman–Crippen LogP) is 6.86. The molecule has 5 nitrogen and oxygen atoms in total. The zero-order chi connectivity index (χ0) is 24.6. The molecular formula is C30H37NO4. The van der Waals surface area contributed by atoms with Gasteiger partial charge in [-0.05, 0) is 110 Å². The molecule has 0 atom stereocenters. The van der Waals surface area contributed by atoms with Crippen LogP contribution in [0, 0.1) is 23.2 Å². The first-order valence-electron chi connectivity index (χ1n) is 13.1. The van der Waals surface area contributed by atoms with Gasteiger partial charge in [-0.2, -0.15) is 0 Å². The van der Waals surface area contributed by atoms with Crippen LogP contribution in [0.2, 0.25) is 0 Å². The van der Waals surface area contributed by atoms with Gasteiger partial charge in [0.2, 0.25) is 0 Å². The second-order valence-electron chi connectivity index (χ2n) is 11.7. The van der Waals surface area contributed by atoms with Gasteiger partial charge in [0.25, 0.3) is 5.91 Å². The molecule has 2 aromatic carbocycles. The van der Waals surface area contributed by atoms with Crippen molar-refractivity contribution in [2.75, 3.05) is 11.9 Å². The molecule has 1 amide bonds. The molecule has 6 rings (SSSR count). The summed E-state index contributed by atoms with van der Waals surface area (Å²) in [6.07, 6.45) is 7.72. The fourth-order valence-corrected chi connectivity index (χ4v) is 6.76. The summed E-state index contributed by atoms with van der Waals surface area (Å²) in [5, 5.41) is 2.82. The highest BCUT2D eigenvalue weighted by atomic mass is 16.5. The highest BCUT2D eigenvalue weighted by Gasteiger charge is 2.55. The van der Waals surface area contributed by atoms with Gasteiger partial charge in [-0.25, -0.2) is 0 Å². The van der Waals surface area contributed by atoms with E-state index in [1.54, 1.807) is 12.1 Å². The third-order valence-electron chi connectivity index (χ3n) is 8.70. The fourth-order valence-electron chi connectivity index (χ4n) is 6.76. The topological polar surface area (TPSA) is 64.6 Å². The van der Waals surface area contributed by atoms with E-state index in [1.165, 1.54) is 24.8 Å². The van der Waals surface area contributed by atoms with Gasteiger partial charge < -0.3 is 14.8 Å². The number of carbonyl (C=O) groups excluding carboxylic acids is 2. The molecule has 0 saturated heterocycles. The Balaban J connectivity index is 1.11. The minimum atomic E-state index is -0.335. The molecule has 2 aromatic rings. The first-order chi connectivity index (χ1) is 16.7. The minimum Gasteiger partial charge on any atom is -0.457 e. The van der Waals surface area contributed by atoms with Gasteiger partial charge in [0.1, 0.15) is 11.5 Å². The molecule has 0 unspecified atom stereocenters. The number of ether oxygens (including phenoxy) is 2. The largest absolute Gasteiger partial charge is 0.457 e. The van der Waals surface area contributed by atoms with E-state index in [2.05, 4.69) is 38.2 Å². The van der Waals surface area contributed by atoms with Crippen molar-refractivity contribution in [3.05, 3.63) is 54.1 Å². The third kappa shape index (κ3) is 5.10. The second kappa shape index (κ2) is 9.33. The zero-order valence-corrected chi connectivity index (χ0v) is 21.1. The Hall–Kier alpha value is -2.82. The standard InChI is InChI=1S/C30H37NO4/c1-4-29(2,3)23-5-9-25(10-6-23)35-26-11-7-24(8-12-26)31-27(32)19-34-28(33)30-16-20-13-21(17-30)15-22(14-20)18-30/h5-12,20-22H,4,13-19H2,1-3H3,(H,31,32). The lowest BCUT2D eigenvalue weighted by molar-refractivity contribution is -0.172. The Morgan fingerprint density at radius 3 is 1.91 bits per heavy atom. The summed E-state index contributed by atoms with van der Waals surface area (Å²) in [7, 11) is 0. The Labute approximate surface area is 208 Å². The van der Waals surface area contributed by atoms with Crippen LogP contribution in [-0.4, -0.2) is 18.5 Å². The summed E-state index contributed by atoms with van der Waals surface area (Å²) in [6.45, 7) is 6.43. The SMILES string of the molecule is CCC(C)(C)c1ccc(Oc2ccc(NC(=O)COC(=O)C34CC5CC(CC(C5)C3)C4)cc2)cc1. The summed E-state index contributed by atoms with van der Waals surface area (Å²) in [5.41, 5.74) is 1.74. The molecule has 4 aliphatic carbocycles. The molecule has 186 valence electrons. The summed E-state index contributed by atoms with van der Waals surface area (Å²) >= 11 is 0. The minimum absolute atomic E-state index is 0.141. The number of amides is 1. The fraction of sp³-hybridized carbons (Fsp3) is 0.533. The monoisotopic (exact) mass is 475 g/mol. The van der Waals surface area contributed by atoms with Crippen LogP contribution in [0.1, 0.15) is 71.3 Å². The molecule has 4 bridgehead atoms. The number of nitrogens with one attached hydrogen (secondary N) is 1. The van der Waals surface area contributed by atoms with Crippen molar-refractivity contribution >= 4 is 17.6 Å². The number of hydrogen-bond acceptors (Lipinski definition) is 4. The van der Waals surface area contributed by atoms with Crippen molar-refractivity contribution < 1.29 is 19.1 Å². The predicted molar refractivity (Wildman–Crippen MR) is 136 cm³/mol. The molecule has 4 aliphatic rings. The number of anilines is 1. The van der Waals surface area contributed by atoms with E-state index in [0.717, 1.165) is 31.4 Å². The lowest BCUT2D eigenvalue weighted by Gasteiger charge is -2.55. The van der Waals surface area contributed by atoms with E-state index >= 15 is 0 Å². The van der Waals surface area contributed by atoms with Gasteiger partial charge in [0.05, 0.1) is 5.41 Å². The summed E-state index contributed by atoms with van der Waals surface area (Å²) < 4.78 is 11.5. The van der Waals surface area contributed by atoms with Crippen molar-refractivity contribution in [1.29, 1.82) is 0 Å². The number of benzene rings is 2. The van der Waals surface area contributed by atoms with Gasteiger partial charge in [0.15, 0.2) is 6.61 Å². The maximum absolute atomic E-state index is 12.9.